The number of hydrazine groups is 1. The van der Waals surface area contributed by atoms with Crippen LogP contribution in [0.5, 0.6) is 0 Å². The Bertz CT molecular complexity index is 158. The molecule has 3 heteroatoms. The SMILES string of the molecule is CCCC(C)CC(CC1CCOC1)NN. The Balaban J connectivity index is 2.21. The Hall–Kier alpha value is -0.120. The molecule has 3 unspecified atom stereocenters. The molecule has 0 aliphatic carbocycles. The summed E-state index contributed by atoms with van der Waals surface area (Å²) in [4.78, 5) is 0. The van der Waals surface area contributed by atoms with Crippen molar-refractivity contribution >= 4 is 0 Å². The summed E-state index contributed by atoms with van der Waals surface area (Å²) in [5, 5.41) is 0. The van der Waals surface area contributed by atoms with Gasteiger partial charge in [-0.3, -0.25) is 11.3 Å². The summed E-state index contributed by atoms with van der Waals surface area (Å²) >= 11 is 0. The minimum absolute atomic E-state index is 0.471. The van der Waals surface area contributed by atoms with Crippen LogP contribution in [0, 0.1) is 11.8 Å². The van der Waals surface area contributed by atoms with E-state index in [2.05, 4.69) is 19.3 Å². The molecule has 3 atom stereocenters. The number of nitrogens with two attached hydrogens (primary N) is 1. The summed E-state index contributed by atoms with van der Waals surface area (Å²) in [6.45, 7) is 6.43. The van der Waals surface area contributed by atoms with Crippen LogP contribution in [0.1, 0.15) is 46.0 Å². The standard InChI is InChI=1S/C12H26N2O/c1-3-4-10(2)7-12(14-13)8-11-5-6-15-9-11/h10-12,14H,3-9,13H2,1-2H3. The molecule has 0 bridgehead atoms. The molecule has 1 rings (SSSR count). The molecule has 1 saturated heterocycles. The van der Waals surface area contributed by atoms with Gasteiger partial charge in [0, 0.05) is 19.3 Å². The Morgan fingerprint density at radius 3 is 2.87 bits per heavy atom. The third-order valence-corrected chi connectivity index (χ3v) is 3.35. The van der Waals surface area contributed by atoms with E-state index in [1.165, 1.54) is 32.1 Å². The highest BCUT2D eigenvalue weighted by molar-refractivity contribution is 4.74. The largest absolute Gasteiger partial charge is 0.381 e. The van der Waals surface area contributed by atoms with Gasteiger partial charge in [0.25, 0.3) is 0 Å². The molecule has 90 valence electrons. The highest BCUT2D eigenvalue weighted by atomic mass is 16.5. The number of hydrogen-bond donors (Lipinski definition) is 2. The lowest BCUT2D eigenvalue weighted by atomic mass is 9.91. The predicted octanol–water partition coefficient (Wildman–Crippen LogP) is 2.07. The quantitative estimate of drug-likeness (QED) is 0.504. The van der Waals surface area contributed by atoms with Crippen LogP contribution >= 0.6 is 0 Å². The maximum atomic E-state index is 5.60. The minimum Gasteiger partial charge on any atom is -0.381 e. The summed E-state index contributed by atoms with van der Waals surface area (Å²) in [5.41, 5.74) is 2.96. The van der Waals surface area contributed by atoms with E-state index >= 15 is 0 Å². The summed E-state index contributed by atoms with van der Waals surface area (Å²) < 4.78 is 5.39. The van der Waals surface area contributed by atoms with Crippen LogP contribution in [-0.2, 0) is 4.74 Å². The van der Waals surface area contributed by atoms with Gasteiger partial charge in [0.2, 0.25) is 0 Å². The van der Waals surface area contributed by atoms with Crippen LogP contribution in [-0.4, -0.2) is 19.3 Å². The molecule has 1 aliphatic rings. The first kappa shape index (κ1) is 12.9. The van der Waals surface area contributed by atoms with Crippen molar-refractivity contribution < 1.29 is 4.74 Å². The molecular weight excluding hydrogens is 188 g/mol. The van der Waals surface area contributed by atoms with Crippen molar-refractivity contribution in [3.8, 4) is 0 Å². The van der Waals surface area contributed by atoms with E-state index in [4.69, 9.17) is 10.6 Å². The second-order valence-electron chi connectivity index (χ2n) is 4.96. The predicted molar refractivity (Wildman–Crippen MR) is 63.3 cm³/mol. The smallest absolute Gasteiger partial charge is 0.0495 e. The molecular formula is C12H26N2O. The Morgan fingerprint density at radius 2 is 2.33 bits per heavy atom. The highest BCUT2D eigenvalue weighted by Gasteiger charge is 2.21. The fraction of sp³-hybridized carbons (Fsp3) is 1.00. The lowest BCUT2D eigenvalue weighted by Crippen LogP contribution is -2.38. The summed E-state index contributed by atoms with van der Waals surface area (Å²) in [6.07, 6.45) is 6.15. The second-order valence-corrected chi connectivity index (χ2v) is 4.96. The van der Waals surface area contributed by atoms with E-state index in [-0.39, 0.29) is 0 Å². The molecule has 3 N–H and O–H groups in total. The summed E-state index contributed by atoms with van der Waals surface area (Å²) in [5.74, 6) is 7.10. The van der Waals surface area contributed by atoms with Crippen LogP contribution in [0.3, 0.4) is 0 Å². The van der Waals surface area contributed by atoms with E-state index in [0.717, 1.165) is 25.0 Å². The molecule has 1 aliphatic heterocycles. The van der Waals surface area contributed by atoms with Gasteiger partial charge in [-0.25, -0.2) is 0 Å². The van der Waals surface area contributed by atoms with Crippen molar-refractivity contribution in [1.29, 1.82) is 0 Å². The molecule has 0 amide bonds. The molecule has 0 spiro atoms. The molecule has 1 heterocycles. The highest BCUT2D eigenvalue weighted by Crippen LogP contribution is 2.22. The lowest BCUT2D eigenvalue weighted by molar-refractivity contribution is 0.179. The van der Waals surface area contributed by atoms with E-state index < -0.39 is 0 Å². The Morgan fingerprint density at radius 1 is 1.53 bits per heavy atom. The van der Waals surface area contributed by atoms with Gasteiger partial charge in [-0.05, 0) is 31.1 Å². The molecule has 0 radical (unpaired) electrons. The third-order valence-electron chi connectivity index (χ3n) is 3.35. The number of rotatable bonds is 7. The van der Waals surface area contributed by atoms with Gasteiger partial charge in [0.1, 0.15) is 0 Å². The van der Waals surface area contributed by atoms with Gasteiger partial charge in [0.05, 0.1) is 0 Å². The van der Waals surface area contributed by atoms with E-state index in [9.17, 15) is 0 Å². The maximum absolute atomic E-state index is 5.60. The summed E-state index contributed by atoms with van der Waals surface area (Å²) in [6, 6.07) is 0.471. The first-order valence-corrected chi connectivity index (χ1v) is 6.30. The van der Waals surface area contributed by atoms with Gasteiger partial charge >= 0.3 is 0 Å². The monoisotopic (exact) mass is 214 g/mol. The molecule has 0 aromatic rings. The van der Waals surface area contributed by atoms with Crippen molar-refractivity contribution in [3.05, 3.63) is 0 Å². The topological polar surface area (TPSA) is 47.3 Å². The van der Waals surface area contributed by atoms with Gasteiger partial charge in [-0.1, -0.05) is 26.7 Å². The minimum atomic E-state index is 0.471. The zero-order valence-corrected chi connectivity index (χ0v) is 10.2. The van der Waals surface area contributed by atoms with E-state index in [1.807, 2.05) is 0 Å². The van der Waals surface area contributed by atoms with Crippen molar-refractivity contribution in [1.82, 2.24) is 5.43 Å². The van der Waals surface area contributed by atoms with Crippen LogP contribution in [0.2, 0.25) is 0 Å². The second kappa shape index (κ2) is 7.20. The van der Waals surface area contributed by atoms with Gasteiger partial charge < -0.3 is 4.74 Å². The van der Waals surface area contributed by atoms with Crippen LogP contribution in [0.15, 0.2) is 0 Å². The number of ether oxygens (including phenoxy) is 1. The molecule has 1 fully saturated rings. The van der Waals surface area contributed by atoms with Gasteiger partial charge in [0.15, 0.2) is 0 Å². The molecule has 15 heavy (non-hydrogen) atoms. The van der Waals surface area contributed by atoms with Gasteiger partial charge in [-0.15, -0.1) is 0 Å². The summed E-state index contributed by atoms with van der Waals surface area (Å²) in [7, 11) is 0. The fourth-order valence-corrected chi connectivity index (χ4v) is 2.50. The van der Waals surface area contributed by atoms with Gasteiger partial charge in [-0.2, -0.15) is 0 Å². The lowest BCUT2D eigenvalue weighted by Gasteiger charge is -2.22. The average molecular weight is 214 g/mol. The van der Waals surface area contributed by atoms with Crippen molar-refractivity contribution in [3.63, 3.8) is 0 Å². The first-order chi connectivity index (χ1) is 7.26. The zero-order chi connectivity index (χ0) is 11.1. The normalized spacial score (nSPS) is 25.4. The van der Waals surface area contributed by atoms with Crippen LogP contribution < -0.4 is 11.3 Å². The van der Waals surface area contributed by atoms with E-state index in [0.29, 0.717) is 6.04 Å². The van der Waals surface area contributed by atoms with Crippen LogP contribution in [0.25, 0.3) is 0 Å². The maximum Gasteiger partial charge on any atom is 0.0495 e. The van der Waals surface area contributed by atoms with Crippen molar-refractivity contribution in [2.75, 3.05) is 13.2 Å². The van der Waals surface area contributed by atoms with Crippen molar-refractivity contribution in [2.24, 2.45) is 17.7 Å². The molecule has 0 aromatic heterocycles. The zero-order valence-electron chi connectivity index (χ0n) is 10.2. The molecule has 0 saturated carbocycles. The van der Waals surface area contributed by atoms with Crippen LogP contribution in [0.4, 0.5) is 0 Å². The Labute approximate surface area is 93.7 Å². The average Bonchev–Trinajstić information content (AvgIpc) is 2.70. The molecule has 0 aromatic carbocycles. The first-order valence-electron chi connectivity index (χ1n) is 6.30. The number of nitrogens with one attached hydrogen (secondary N) is 1. The fourth-order valence-electron chi connectivity index (χ4n) is 2.50. The third kappa shape index (κ3) is 4.96. The molecule has 3 nitrogen and oxygen atoms in total. The van der Waals surface area contributed by atoms with Crippen molar-refractivity contribution in [2.45, 2.75) is 52.0 Å². The number of hydrogen-bond acceptors (Lipinski definition) is 3. The Kier molecular flexibility index (Phi) is 6.22. The van der Waals surface area contributed by atoms with E-state index in [1.54, 1.807) is 0 Å².